The van der Waals surface area contributed by atoms with Crippen molar-refractivity contribution in [2.75, 3.05) is 0 Å². The fraction of sp³-hybridized carbons (Fsp3) is 0.345. The second-order valence-corrected chi connectivity index (χ2v) is 10.7. The van der Waals surface area contributed by atoms with Crippen LogP contribution in [-0.4, -0.2) is 30.7 Å². The molecule has 0 aliphatic heterocycles. The number of benzene rings is 1. The monoisotopic (exact) mass is 499 g/mol. The van der Waals surface area contributed by atoms with Gasteiger partial charge in [-0.1, -0.05) is 26.0 Å². The number of Topliss-reactive ketones (excluding diaryl/α,β-unsaturated/α-hetero) is 1. The molecular weight excluding hydrogens is 472 g/mol. The minimum atomic E-state index is -0.649. The van der Waals surface area contributed by atoms with Crippen LogP contribution in [0.5, 0.6) is 0 Å². The number of fused-ring (bicyclic) bond motifs is 5. The van der Waals surface area contributed by atoms with Crippen LogP contribution in [0.1, 0.15) is 62.9 Å². The van der Waals surface area contributed by atoms with Gasteiger partial charge in [0.05, 0.1) is 40.0 Å². The van der Waals surface area contributed by atoms with E-state index in [1.807, 2.05) is 30.5 Å². The van der Waals surface area contributed by atoms with Gasteiger partial charge in [0.2, 0.25) is 0 Å². The quantitative estimate of drug-likeness (QED) is 0.332. The summed E-state index contributed by atoms with van der Waals surface area (Å²) in [5, 5.41) is 13.3. The van der Waals surface area contributed by atoms with Crippen molar-refractivity contribution >= 4 is 5.78 Å². The molecule has 0 N–H and O–H groups in total. The molecule has 0 amide bonds. The Kier molecular flexibility index (Phi) is 5.33. The van der Waals surface area contributed by atoms with E-state index in [0.29, 0.717) is 13.0 Å². The minimum Gasteiger partial charge on any atom is -0.300 e. The molecule has 4 aromatic rings. The van der Waals surface area contributed by atoms with Crippen molar-refractivity contribution in [1.29, 1.82) is 0 Å². The third kappa shape index (κ3) is 3.45. The van der Waals surface area contributed by atoms with E-state index in [1.54, 1.807) is 17.8 Å². The standard InChI is InChI=1S/C29H27F2N5O/c1-17(37)11-13-36-16-18(15-32-36)23-8-5-9-25(33-23)29-12-10-20(28(29,2)3)19-14-24(34-35-27(19)29)26-21(30)6-4-7-22(26)31/h4-9,14-16,20H,10-13H2,1-3H3/t20-,29-/m0/s1. The molecule has 2 atom stereocenters. The number of nitrogens with zero attached hydrogens (tertiary/aromatic N) is 5. The van der Waals surface area contributed by atoms with E-state index in [0.717, 1.165) is 41.1 Å². The van der Waals surface area contributed by atoms with Gasteiger partial charge in [0.25, 0.3) is 0 Å². The molecule has 2 bridgehead atoms. The number of halogens is 2. The van der Waals surface area contributed by atoms with E-state index >= 15 is 0 Å². The van der Waals surface area contributed by atoms with Crippen molar-refractivity contribution in [3.63, 3.8) is 0 Å². The molecule has 0 radical (unpaired) electrons. The maximum atomic E-state index is 14.5. The first-order valence-electron chi connectivity index (χ1n) is 12.5. The first-order chi connectivity index (χ1) is 17.7. The number of rotatable bonds is 6. The molecule has 1 fully saturated rings. The Morgan fingerprint density at radius 2 is 1.84 bits per heavy atom. The Bertz CT molecular complexity index is 1520. The molecule has 3 heterocycles. The predicted octanol–water partition coefficient (Wildman–Crippen LogP) is 5.86. The number of aromatic nitrogens is 5. The first-order valence-corrected chi connectivity index (χ1v) is 12.5. The summed E-state index contributed by atoms with van der Waals surface area (Å²) in [6.45, 7) is 6.55. The normalized spacial score (nSPS) is 21.3. The largest absolute Gasteiger partial charge is 0.300 e. The molecule has 1 saturated carbocycles. The molecule has 1 aromatic carbocycles. The van der Waals surface area contributed by atoms with Gasteiger partial charge < -0.3 is 0 Å². The number of carbonyl (C=O) groups excluding carboxylic acids is 1. The lowest BCUT2D eigenvalue weighted by molar-refractivity contribution is -0.117. The summed E-state index contributed by atoms with van der Waals surface area (Å²) in [6.07, 6.45) is 5.91. The maximum absolute atomic E-state index is 14.5. The van der Waals surface area contributed by atoms with Gasteiger partial charge >= 0.3 is 0 Å². The smallest absolute Gasteiger partial charge is 0.135 e. The van der Waals surface area contributed by atoms with Crippen molar-refractivity contribution in [2.45, 2.75) is 57.9 Å². The predicted molar refractivity (Wildman–Crippen MR) is 135 cm³/mol. The number of carbonyl (C=O) groups is 1. The van der Waals surface area contributed by atoms with E-state index in [9.17, 15) is 13.6 Å². The summed E-state index contributed by atoms with van der Waals surface area (Å²) in [5.41, 5.74) is 3.81. The molecule has 2 aliphatic rings. The Balaban J connectivity index is 1.43. The Hall–Kier alpha value is -3.81. The molecule has 2 aliphatic carbocycles. The van der Waals surface area contributed by atoms with Crippen LogP contribution < -0.4 is 0 Å². The number of hydrogen-bond acceptors (Lipinski definition) is 5. The fourth-order valence-electron chi connectivity index (χ4n) is 6.48. The SMILES string of the molecule is CC(=O)CCn1cc(-c2cccc([C@@]34CC[C@@H](c5cc(-c6c(F)cccc6F)nnc53)C4(C)C)n2)cn1. The van der Waals surface area contributed by atoms with Gasteiger partial charge in [-0.05, 0) is 67.0 Å². The Morgan fingerprint density at radius 3 is 2.59 bits per heavy atom. The number of pyridine rings is 1. The third-order valence-electron chi connectivity index (χ3n) is 8.41. The van der Waals surface area contributed by atoms with E-state index in [4.69, 9.17) is 4.98 Å². The number of aryl methyl sites for hydroxylation is 1. The van der Waals surface area contributed by atoms with Crippen LogP contribution in [0, 0.1) is 17.0 Å². The van der Waals surface area contributed by atoms with E-state index < -0.39 is 17.0 Å². The fourth-order valence-corrected chi connectivity index (χ4v) is 6.48. The topological polar surface area (TPSA) is 73.6 Å². The van der Waals surface area contributed by atoms with Crippen molar-refractivity contribution < 1.29 is 13.6 Å². The lowest BCUT2D eigenvalue weighted by Gasteiger charge is -2.37. The van der Waals surface area contributed by atoms with Crippen LogP contribution in [0.25, 0.3) is 22.5 Å². The summed E-state index contributed by atoms with van der Waals surface area (Å²) in [6, 6.07) is 11.6. The zero-order valence-electron chi connectivity index (χ0n) is 21.0. The average molecular weight is 500 g/mol. The zero-order chi connectivity index (χ0) is 25.9. The molecule has 3 aromatic heterocycles. The lowest BCUT2D eigenvalue weighted by atomic mass is 9.66. The van der Waals surface area contributed by atoms with Crippen molar-refractivity contribution in [1.82, 2.24) is 25.0 Å². The van der Waals surface area contributed by atoms with Gasteiger partial charge in [0, 0.05) is 24.7 Å². The molecule has 6 nitrogen and oxygen atoms in total. The first kappa shape index (κ1) is 23.6. The van der Waals surface area contributed by atoms with Crippen LogP contribution in [0.15, 0.2) is 54.9 Å². The second-order valence-electron chi connectivity index (χ2n) is 10.7. The van der Waals surface area contributed by atoms with Crippen molar-refractivity contribution in [2.24, 2.45) is 5.41 Å². The number of ketones is 1. The Labute approximate surface area is 213 Å². The lowest BCUT2D eigenvalue weighted by Crippen LogP contribution is -2.37. The molecular formula is C29H27F2N5O. The molecule has 0 spiro atoms. The van der Waals surface area contributed by atoms with Crippen molar-refractivity contribution in [3.8, 4) is 22.5 Å². The summed E-state index contributed by atoms with van der Waals surface area (Å²) in [7, 11) is 0. The molecule has 0 unspecified atom stereocenters. The molecule has 188 valence electrons. The van der Waals surface area contributed by atoms with Gasteiger partial charge in [-0.25, -0.2) is 8.78 Å². The Morgan fingerprint density at radius 1 is 1.08 bits per heavy atom. The highest BCUT2D eigenvalue weighted by atomic mass is 19.1. The van der Waals surface area contributed by atoms with Gasteiger partial charge in [0.15, 0.2) is 0 Å². The zero-order valence-corrected chi connectivity index (χ0v) is 21.0. The van der Waals surface area contributed by atoms with Crippen LogP contribution >= 0.6 is 0 Å². The van der Waals surface area contributed by atoms with Crippen LogP contribution in [0.4, 0.5) is 8.78 Å². The summed E-state index contributed by atoms with van der Waals surface area (Å²) >= 11 is 0. The van der Waals surface area contributed by atoms with Gasteiger partial charge in [-0.15, -0.1) is 5.10 Å². The van der Waals surface area contributed by atoms with Gasteiger partial charge in [-0.2, -0.15) is 10.2 Å². The van der Waals surface area contributed by atoms with E-state index in [2.05, 4.69) is 29.1 Å². The average Bonchev–Trinajstić information content (AvgIpc) is 3.50. The summed E-state index contributed by atoms with van der Waals surface area (Å²) < 4.78 is 30.8. The summed E-state index contributed by atoms with van der Waals surface area (Å²) in [5.74, 6) is -1.00. The highest BCUT2D eigenvalue weighted by molar-refractivity contribution is 5.75. The third-order valence-corrected chi connectivity index (χ3v) is 8.41. The highest BCUT2D eigenvalue weighted by Crippen LogP contribution is 2.69. The second kappa shape index (κ2) is 8.36. The molecule has 37 heavy (non-hydrogen) atoms. The minimum absolute atomic E-state index is 0.121. The molecule has 0 saturated heterocycles. The highest BCUT2D eigenvalue weighted by Gasteiger charge is 2.65. The number of hydrogen-bond donors (Lipinski definition) is 0. The van der Waals surface area contributed by atoms with Gasteiger partial charge in [0.1, 0.15) is 17.4 Å². The van der Waals surface area contributed by atoms with Crippen molar-refractivity contribution in [3.05, 3.63) is 83.4 Å². The van der Waals surface area contributed by atoms with E-state index in [1.165, 1.54) is 18.2 Å². The molecule has 8 heteroatoms. The maximum Gasteiger partial charge on any atom is 0.135 e. The van der Waals surface area contributed by atoms with Crippen LogP contribution in [0.3, 0.4) is 0 Å². The summed E-state index contributed by atoms with van der Waals surface area (Å²) in [4.78, 5) is 16.5. The van der Waals surface area contributed by atoms with Crippen LogP contribution in [0.2, 0.25) is 0 Å². The van der Waals surface area contributed by atoms with Crippen LogP contribution in [-0.2, 0) is 16.8 Å². The van der Waals surface area contributed by atoms with Gasteiger partial charge in [-0.3, -0.25) is 14.5 Å². The van der Waals surface area contributed by atoms with E-state index in [-0.39, 0.29) is 28.4 Å². The molecule has 6 rings (SSSR count).